The van der Waals surface area contributed by atoms with Crippen molar-refractivity contribution in [2.45, 2.75) is 40.3 Å². The lowest BCUT2D eigenvalue weighted by Crippen LogP contribution is -2.15. The first-order valence-electron chi connectivity index (χ1n) is 7.15. The SMILES string of the molecule is CCCNCc1cc(Br)cc(C)c1OCc1cc(C)on1. The molecule has 4 nitrogen and oxygen atoms in total. The molecule has 0 spiro atoms. The van der Waals surface area contributed by atoms with E-state index in [0.717, 1.165) is 52.3 Å². The summed E-state index contributed by atoms with van der Waals surface area (Å²) in [4.78, 5) is 0. The van der Waals surface area contributed by atoms with Gasteiger partial charge >= 0.3 is 0 Å². The molecule has 0 atom stereocenters. The van der Waals surface area contributed by atoms with Crippen molar-refractivity contribution < 1.29 is 9.26 Å². The number of nitrogens with one attached hydrogen (secondary N) is 1. The Hall–Kier alpha value is -1.33. The van der Waals surface area contributed by atoms with Gasteiger partial charge in [-0.3, -0.25) is 0 Å². The molecular weight excluding hydrogens is 332 g/mol. The van der Waals surface area contributed by atoms with E-state index in [4.69, 9.17) is 9.26 Å². The highest BCUT2D eigenvalue weighted by atomic mass is 79.9. The molecule has 0 aliphatic carbocycles. The number of aromatic nitrogens is 1. The normalized spacial score (nSPS) is 10.9. The lowest BCUT2D eigenvalue weighted by molar-refractivity contribution is 0.283. The summed E-state index contributed by atoms with van der Waals surface area (Å²) in [6, 6.07) is 6.05. The van der Waals surface area contributed by atoms with Crippen molar-refractivity contribution in [3.8, 4) is 5.75 Å². The molecule has 1 aromatic carbocycles. The summed E-state index contributed by atoms with van der Waals surface area (Å²) >= 11 is 3.54. The van der Waals surface area contributed by atoms with Gasteiger partial charge in [0.1, 0.15) is 23.8 Å². The van der Waals surface area contributed by atoms with Crippen molar-refractivity contribution in [3.05, 3.63) is 45.3 Å². The molecule has 0 saturated heterocycles. The minimum absolute atomic E-state index is 0.417. The first-order valence-corrected chi connectivity index (χ1v) is 7.94. The smallest absolute Gasteiger partial charge is 0.134 e. The van der Waals surface area contributed by atoms with Crippen molar-refractivity contribution in [2.24, 2.45) is 0 Å². The summed E-state index contributed by atoms with van der Waals surface area (Å²) in [7, 11) is 0. The van der Waals surface area contributed by atoms with Gasteiger partial charge in [-0.2, -0.15) is 0 Å². The third-order valence-corrected chi connectivity index (χ3v) is 3.56. The van der Waals surface area contributed by atoms with Crippen LogP contribution in [0.2, 0.25) is 0 Å². The molecule has 0 fully saturated rings. The second-order valence-corrected chi connectivity index (χ2v) is 6.02. The topological polar surface area (TPSA) is 47.3 Å². The minimum Gasteiger partial charge on any atom is -0.487 e. The Bertz CT molecular complexity index is 596. The van der Waals surface area contributed by atoms with E-state index < -0.39 is 0 Å². The Balaban J connectivity index is 2.12. The molecule has 0 unspecified atom stereocenters. The minimum atomic E-state index is 0.417. The van der Waals surface area contributed by atoms with Crippen molar-refractivity contribution in [1.29, 1.82) is 0 Å². The van der Waals surface area contributed by atoms with Crippen LogP contribution < -0.4 is 10.1 Å². The summed E-state index contributed by atoms with van der Waals surface area (Å²) in [5, 5.41) is 7.37. The fourth-order valence-electron chi connectivity index (χ4n) is 2.17. The lowest BCUT2D eigenvalue weighted by Gasteiger charge is -2.15. The Morgan fingerprint density at radius 2 is 2.10 bits per heavy atom. The first kappa shape index (κ1) is 16.0. The standard InChI is InChI=1S/C16H21BrN2O2/c1-4-5-18-9-13-8-14(17)6-11(2)16(13)20-10-15-7-12(3)21-19-15/h6-8,18H,4-5,9-10H2,1-3H3. The first-order chi connectivity index (χ1) is 10.1. The van der Waals surface area contributed by atoms with Crippen LogP contribution in [0.15, 0.2) is 27.2 Å². The van der Waals surface area contributed by atoms with Gasteiger partial charge in [-0.1, -0.05) is 28.0 Å². The van der Waals surface area contributed by atoms with Gasteiger partial charge in [0, 0.05) is 22.6 Å². The van der Waals surface area contributed by atoms with Crippen molar-refractivity contribution in [2.75, 3.05) is 6.54 Å². The fourth-order valence-corrected chi connectivity index (χ4v) is 2.79. The molecule has 0 radical (unpaired) electrons. The van der Waals surface area contributed by atoms with Gasteiger partial charge in [0.05, 0.1) is 0 Å². The molecule has 2 rings (SSSR count). The number of rotatable bonds is 7. The Morgan fingerprint density at radius 1 is 1.29 bits per heavy atom. The van der Waals surface area contributed by atoms with E-state index in [1.807, 2.05) is 13.0 Å². The zero-order valence-electron chi connectivity index (χ0n) is 12.7. The predicted octanol–water partition coefficient (Wildman–Crippen LogP) is 4.13. The molecule has 0 aliphatic heterocycles. The molecule has 1 heterocycles. The largest absolute Gasteiger partial charge is 0.487 e. The molecule has 0 aliphatic rings. The average Bonchev–Trinajstić information content (AvgIpc) is 2.83. The van der Waals surface area contributed by atoms with E-state index in [-0.39, 0.29) is 0 Å². The second kappa shape index (κ2) is 7.61. The second-order valence-electron chi connectivity index (χ2n) is 5.11. The van der Waals surface area contributed by atoms with Crippen molar-refractivity contribution in [1.82, 2.24) is 10.5 Å². The molecule has 5 heteroatoms. The van der Waals surface area contributed by atoms with Crippen LogP contribution in [0.5, 0.6) is 5.75 Å². The maximum absolute atomic E-state index is 5.97. The Labute approximate surface area is 134 Å². The van der Waals surface area contributed by atoms with Crippen LogP contribution in [0.3, 0.4) is 0 Å². The van der Waals surface area contributed by atoms with E-state index in [0.29, 0.717) is 6.61 Å². The predicted molar refractivity (Wildman–Crippen MR) is 86.4 cm³/mol. The van der Waals surface area contributed by atoms with Gasteiger partial charge in [-0.05, 0) is 44.5 Å². The number of hydrogen-bond donors (Lipinski definition) is 1. The lowest BCUT2D eigenvalue weighted by atomic mass is 10.1. The van der Waals surface area contributed by atoms with Crippen LogP contribution >= 0.6 is 15.9 Å². The van der Waals surface area contributed by atoms with E-state index >= 15 is 0 Å². The third-order valence-electron chi connectivity index (χ3n) is 3.10. The number of aryl methyl sites for hydroxylation is 2. The maximum atomic E-state index is 5.97. The highest BCUT2D eigenvalue weighted by molar-refractivity contribution is 9.10. The summed E-state index contributed by atoms with van der Waals surface area (Å²) in [6.07, 6.45) is 1.11. The van der Waals surface area contributed by atoms with Gasteiger partial charge < -0.3 is 14.6 Å². The molecule has 2 aromatic rings. The van der Waals surface area contributed by atoms with Crippen LogP contribution in [0.4, 0.5) is 0 Å². The van der Waals surface area contributed by atoms with Crippen LogP contribution in [-0.4, -0.2) is 11.7 Å². The van der Waals surface area contributed by atoms with Crippen LogP contribution in [-0.2, 0) is 13.2 Å². The molecule has 0 amide bonds. The fraction of sp³-hybridized carbons (Fsp3) is 0.438. The molecule has 21 heavy (non-hydrogen) atoms. The van der Waals surface area contributed by atoms with Gasteiger partial charge in [0.2, 0.25) is 0 Å². The monoisotopic (exact) mass is 352 g/mol. The number of benzene rings is 1. The van der Waals surface area contributed by atoms with Crippen molar-refractivity contribution >= 4 is 15.9 Å². The Kier molecular flexibility index (Phi) is 5.82. The number of nitrogens with zero attached hydrogens (tertiary/aromatic N) is 1. The molecule has 1 N–H and O–H groups in total. The zero-order chi connectivity index (χ0) is 15.2. The molecule has 1 aromatic heterocycles. The van der Waals surface area contributed by atoms with Gasteiger partial charge in [0.25, 0.3) is 0 Å². The molecule has 114 valence electrons. The maximum Gasteiger partial charge on any atom is 0.134 e. The molecule has 0 saturated carbocycles. The third kappa shape index (κ3) is 4.58. The summed E-state index contributed by atoms with van der Waals surface area (Å²) in [5.41, 5.74) is 3.07. The van der Waals surface area contributed by atoms with E-state index in [1.165, 1.54) is 0 Å². The number of hydrogen-bond acceptors (Lipinski definition) is 4. The quantitative estimate of drug-likeness (QED) is 0.761. The summed E-state index contributed by atoms with van der Waals surface area (Å²) in [6.45, 7) is 8.29. The van der Waals surface area contributed by atoms with E-state index in [2.05, 4.69) is 52.4 Å². The number of halogens is 1. The summed E-state index contributed by atoms with van der Waals surface area (Å²) in [5.74, 6) is 1.72. The van der Waals surface area contributed by atoms with Gasteiger partial charge in [-0.25, -0.2) is 0 Å². The zero-order valence-corrected chi connectivity index (χ0v) is 14.3. The highest BCUT2D eigenvalue weighted by Gasteiger charge is 2.10. The van der Waals surface area contributed by atoms with Crippen LogP contribution in [0.1, 0.15) is 35.9 Å². The molecular formula is C16H21BrN2O2. The number of ether oxygens (including phenoxy) is 1. The Morgan fingerprint density at radius 3 is 2.76 bits per heavy atom. The summed E-state index contributed by atoms with van der Waals surface area (Å²) < 4.78 is 12.1. The van der Waals surface area contributed by atoms with Gasteiger partial charge in [0.15, 0.2) is 0 Å². The van der Waals surface area contributed by atoms with Crippen molar-refractivity contribution in [3.63, 3.8) is 0 Å². The highest BCUT2D eigenvalue weighted by Crippen LogP contribution is 2.28. The molecule has 0 bridgehead atoms. The van der Waals surface area contributed by atoms with Gasteiger partial charge in [-0.15, -0.1) is 0 Å². The van der Waals surface area contributed by atoms with E-state index in [9.17, 15) is 0 Å². The van der Waals surface area contributed by atoms with E-state index in [1.54, 1.807) is 0 Å². The van der Waals surface area contributed by atoms with Crippen LogP contribution in [0.25, 0.3) is 0 Å². The average molecular weight is 353 g/mol. The van der Waals surface area contributed by atoms with Crippen LogP contribution in [0, 0.1) is 13.8 Å².